The lowest BCUT2D eigenvalue weighted by molar-refractivity contribution is 0.876. The van der Waals surface area contributed by atoms with Crippen LogP contribution in [0.25, 0.3) is 27.6 Å². The van der Waals surface area contributed by atoms with Gasteiger partial charge in [0.15, 0.2) is 0 Å². The predicted molar refractivity (Wildman–Crippen MR) is 99.6 cm³/mol. The average Bonchev–Trinajstić information content (AvgIpc) is 2.56. The van der Waals surface area contributed by atoms with Crippen LogP contribution in [0, 0.1) is 0 Å². The topological polar surface area (TPSA) is 12.0 Å². The summed E-state index contributed by atoms with van der Waals surface area (Å²) in [5.41, 5.74) is 2.57. The third kappa shape index (κ3) is 2.39. The van der Waals surface area contributed by atoms with Crippen molar-refractivity contribution in [2.45, 2.75) is 26.1 Å². The van der Waals surface area contributed by atoms with Gasteiger partial charge in [-0.2, -0.15) is 0 Å². The third-order valence-corrected chi connectivity index (χ3v) is 4.59. The summed E-state index contributed by atoms with van der Waals surface area (Å²) in [6, 6.07) is 17.8. The van der Waals surface area contributed by atoms with Crippen LogP contribution < -0.4 is 5.23 Å². The molecule has 0 aromatic heterocycles. The molecule has 0 fully saturated rings. The second kappa shape index (κ2) is 5.53. The highest BCUT2D eigenvalue weighted by molar-refractivity contribution is 6.69. The zero-order valence-electron chi connectivity index (χ0n) is 13.0. The van der Waals surface area contributed by atoms with Crippen LogP contribution in [0.4, 0.5) is 5.69 Å². The maximum Gasteiger partial charge on any atom is 0.278 e. The Morgan fingerprint density at radius 1 is 0.909 bits per heavy atom. The Hall–Kier alpha value is -2.22. The number of unbranched alkanes of at least 4 members (excludes halogenated alkanes) is 1. The number of nitrogens with one attached hydrogen (secondary N) is 1. The molecule has 0 aliphatic carbocycles. The summed E-state index contributed by atoms with van der Waals surface area (Å²) in [7, 11) is 0. The molecule has 0 unspecified atom stereocenters. The molecule has 1 aliphatic heterocycles. The van der Waals surface area contributed by atoms with E-state index in [4.69, 9.17) is 0 Å². The molecule has 4 rings (SSSR count). The third-order valence-electron chi connectivity index (χ3n) is 4.59. The van der Waals surface area contributed by atoms with E-state index in [1.807, 2.05) is 0 Å². The van der Waals surface area contributed by atoms with Crippen LogP contribution in [0.1, 0.15) is 25.3 Å². The molecule has 22 heavy (non-hydrogen) atoms. The second-order valence-electron chi connectivity index (χ2n) is 6.24. The molecule has 0 radical (unpaired) electrons. The Bertz CT molecular complexity index is 866. The van der Waals surface area contributed by atoms with Gasteiger partial charge >= 0.3 is 0 Å². The monoisotopic (exact) mass is 285 g/mol. The minimum Gasteiger partial charge on any atom is -0.424 e. The van der Waals surface area contributed by atoms with Gasteiger partial charge in [-0.15, -0.1) is 0 Å². The van der Waals surface area contributed by atoms with Crippen LogP contribution >= 0.6 is 0 Å². The predicted octanol–water partition coefficient (Wildman–Crippen LogP) is 5.76. The molecule has 0 spiro atoms. The van der Waals surface area contributed by atoms with Crippen LogP contribution in [0.5, 0.6) is 0 Å². The van der Waals surface area contributed by atoms with E-state index < -0.39 is 0 Å². The van der Waals surface area contributed by atoms with E-state index in [0.717, 1.165) is 0 Å². The highest BCUT2D eigenvalue weighted by Crippen LogP contribution is 2.31. The first-order valence-corrected chi connectivity index (χ1v) is 8.25. The number of hydrogen-bond donors (Lipinski definition) is 1. The fourth-order valence-electron chi connectivity index (χ4n) is 3.33. The maximum absolute atomic E-state index is 3.69. The molecule has 1 aliphatic rings. The van der Waals surface area contributed by atoms with Gasteiger partial charge in [0, 0.05) is 5.69 Å². The van der Waals surface area contributed by atoms with Crippen LogP contribution in [-0.2, 0) is 0 Å². The summed E-state index contributed by atoms with van der Waals surface area (Å²) in [5.74, 6) is 2.31. The SMILES string of the molecule is CCCCB1C=Cc2cc3cc4ccccc4cc3cc2N1. The van der Waals surface area contributed by atoms with Crippen molar-refractivity contribution in [2.24, 2.45) is 0 Å². The molecule has 3 aromatic carbocycles. The first kappa shape index (κ1) is 13.4. The zero-order chi connectivity index (χ0) is 14.9. The quantitative estimate of drug-likeness (QED) is 0.476. The van der Waals surface area contributed by atoms with Gasteiger partial charge in [-0.1, -0.05) is 56.1 Å². The fraction of sp³-hybridized carbons (Fsp3) is 0.200. The Balaban J connectivity index is 1.78. The van der Waals surface area contributed by atoms with Crippen LogP contribution in [0.15, 0.2) is 54.5 Å². The van der Waals surface area contributed by atoms with Crippen LogP contribution in [0.2, 0.25) is 6.32 Å². The molecule has 1 nitrogen and oxygen atoms in total. The maximum atomic E-state index is 3.69. The van der Waals surface area contributed by atoms with Crippen molar-refractivity contribution in [3.8, 4) is 0 Å². The van der Waals surface area contributed by atoms with E-state index in [9.17, 15) is 0 Å². The summed E-state index contributed by atoms with van der Waals surface area (Å²) in [6.07, 6.45) is 6.02. The van der Waals surface area contributed by atoms with Gasteiger partial charge in [-0.05, 0) is 57.7 Å². The summed E-state index contributed by atoms with van der Waals surface area (Å²) in [5, 5.41) is 8.93. The van der Waals surface area contributed by atoms with Gasteiger partial charge < -0.3 is 5.23 Å². The van der Waals surface area contributed by atoms with Crippen molar-refractivity contribution in [1.29, 1.82) is 0 Å². The van der Waals surface area contributed by atoms with Crippen molar-refractivity contribution in [1.82, 2.24) is 0 Å². The molecule has 108 valence electrons. The Kier molecular flexibility index (Phi) is 3.38. The molecule has 1 heterocycles. The number of benzene rings is 3. The second-order valence-corrected chi connectivity index (χ2v) is 6.24. The minimum atomic E-state index is 0.477. The molecule has 0 bridgehead atoms. The highest BCUT2D eigenvalue weighted by Gasteiger charge is 2.16. The normalized spacial score (nSPS) is 13.4. The van der Waals surface area contributed by atoms with Crippen LogP contribution in [-0.4, -0.2) is 6.85 Å². The molecular formula is C20H20BN. The van der Waals surface area contributed by atoms with Crippen molar-refractivity contribution in [3.63, 3.8) is 0 Å². The molecule has 0 amide bonds. The molecule has 0 atom stereocenters. The standard InChI is InChI=1S/C20H20BN/c1-2-3-9-21-10-8-17-13-18-11-15-6-4-5-7-16(15)12-19(18)14-20(17)22-21/h4-8,10-14,22H,2-3,9H2,1H3. The van der Waals surface area contributed by atoms with Crippen molar-refractivity contribution < 1.29 is 0 Å². The Labute approximate surface area is 132 Å². The van der Waals surface area contributed by atoms with E-state index in [1.165, 1.54) is 52.0 Å². The van der Waals surface area contributed by atoms with E-state index in [-0.39, 0.29) is 0 Å². The molecule has 3 aromatic rings. The minimum absolute atomic E-state index is 0.477. The van der Waals surface area contributed by atoms with Crippen molar-refractivity contribution >= 4 is 40.2 Å². The highest BCUT2D eigenvalue weighted by atomic mass is 14.8. The first-order chi connectivity index (χ1) is 10.8. The molecular weight excluding hydrogens is 265 g/mol. The van der Waals surface area contributed by atoms with Crippen molar-refractivity contribution in [2.75, 3.05) is 5.23 Å². The number of hydrogen-bond acceptors (Lipinski definition) is 1. The zero-order valence-corrected chi connectivity index (χ0v) is 13.0. The lowest BCUT2D eigenvalue weighted by Crippen LogP contribution is -2.24. The fourth-order valence-corrected chi connectivity index (χ4v) is 3.33. The lowest BCUT2D eigenvalue weighted by Gasteiger charge is -2.20. The summed E-state index contributed by atoms with van der Waals surface area (Å²) in [4.78, 5) is 0. The van der Waals surface area contributed by atoms with E-state index in [1.54, 1.807) is 0 Å². The van der Waals surface area contributed by atoms with Gasteiger partial charge in [-0.3, -0.25) is 0 Å². The largest absolute Gasteiger partial charge is 0.424 e. The molecule has 2 heteroatoms. The Morgan fingerprint density at radius 3 is 2.36 bits per heavy atom. The van der Waals surface area contributed by atoms with E-state index in [0.29, 0.717) is 6.85 Å². The Morgan fingerprint density at radius 2 is 1.64 bits per heavy atom. The number of rotatable bonds is 3. The van der Waals surface area contributed by atoms with Crippen LogP contribution in [0.3, 0.4) is 0 Å². The van der Waals surface area contributed by atoms with Crippen molar-refractivity contribution in [3.05, 3.63) is 60.1 Å². The van der Waals surface area contributed by atoms with Gasteiger partial charge in [-0.25, -0.2) is 0 Å². The molecule has 0 saturated carbocycles. The average molecular weight is 285 g/mol. The first-order valence-electron chi connectivity index (χ1n) is 8.25. The summed E-state index contributed by atoms with van der Waals surface area (Å²) >= 11 is 0. The van der Waals surface area contributed by atoms with Gasteiger partial charge in [0.25, 0.3) is 6.85 Å². The smallest absolute Gasteiger partial charge is 0.278 e. The van der Waals surface area contributed by atoms with Gasteiger partial charge in [0.2, 0.25) is 0 Å². The molecule has 0 saturated heterocycles. The van der Waals surface area contributed by atoms with E-state index >= 15 is 0 Å². The number of fused-ring (bicyclic) bond motifs is 3. The molecule has 1 N–H and O–H groups in total. The van der Waals surface area contributed by atoms with Gasteiger partial charge in [0.05, 0.1) is 0 Å². The van der Waals surface area contributed by atoms with E-state index in [2.05, 4.69) is 72.7 Å². The summed E-state index contributed by atoms with van der Waals surface area (Å²) < 4.78 is 0. The lowest BCUT2D eigenvalue weighted by atomic mass is 9.56. The number of anilines is 1. The summed E-state index contributed by atoms with van der Waals surface area (Å²) in [6.45, 7) is 2.73. The van der Waals surface area contributed by atoms with Gasteiger partial charge in [0.1, 0.15) is 0 Å².